The van der Waals surface area contributed by atoms with E-state index in [1.54, 1.807) is 0 Å². The van der Waals surface area contributed by atoms with Gasteiger partial charge in [0.25, 0.3) is 0 Å². The van der Waals surface area contributed by atoms with Crippen molar-refractivity contribution < 1.29 is 0 Å². The van der Waals surface area contributed by atoms with Gasteiger partial charge in [0.05, 0.1) is 5.52 Å². The molecule has 0 spiro atoms. The molecule has 0 bridgehead atoms. The van der Waals surface area contributed by atoms with Crippen LogP contribution in [0, 0.1) is 0 Å². The normalized spacial score (nSPS) is 12.6. The van der Waals surface area contributed by atoms with E-state index in [2.05, 4.69) is 65.6 Å². The fourth-order valence-electron chi connectivity index (χ4n) is 3.57. The molecule has 0 saturated carbocycles. The maximum absolute atomic E-state index is 4.59. The maximum Gasteiger partial charge on any atom is 0.0708 e. The number of benzene rings is 3. The molecule has 0 amide bonds. The van der Waals surface area contributed by atoms with E-state index in [9.17, 15) is 0 Å². The Bertz CT molecular complexity index is 1010. The van der Waals surface area contributed by atoms with Gasteiger partial charge in [-0.25, -0.2) is 0 Å². The van der Waals surface area contributed by atoms with Crippen molar-refractivity contribution in [2.75, 3.05) is 0 Å². The van der Waals surface area contributed by atoms with Crippen molar-refractivity contribution in [1.82, 2.24) is 4.98 Å². The van der Waals surface area contributed by atoms with Gasteiger partial charge in [-0.1, -0.05) is 54.6 Å². The van der Waals surface area contributed by atoms with Crippen LogP contribution >= 0.6 is 0 Å². The largest absolute Gasteiger partial charge is 0.256 e. The van der Waals surface area contributed by atoms with Crippen LogP contribution in [-0.4, -0.2) is 4.98 Å². The molecule has 0 N–H and O–H groups in total. The quantitative estimate of drug-likeness (QED) is 0.361. The number of aromatic nitrogens is 1. The zero-order chi connectivity index (χ0) is 13.8. The first kappa shape index (κ1) is 11.0. The molecular weight excluding hydrogens is 254 g/mol. The highest BCUT2D eigenvalue weighted by molar-refractivity contribution is 6.14. The predicted molar refractivity (Wildman–Crippen MR) is 87.5 cm³/mol. The first-order valence-electron chi connectivity index (χ1n) is 7.29. The minimum absolute atomic E-state index is 1.04. The molecule has 98 valence electrons. The number of para-hydroxylation sites is 1. The molecule has 1 heterocycles. The maximum atomic E-state index is 4.59. The van der Waals surface area contributed by atoms with Crippen LogP contribution in [0.1, 0.15) is 11.1 Å². The van der Waals surface area contributed by atoms with Crippen LogP contribution in [0.15, 0.2) is 66.9 Å². The van der Waals surface area contributed by atoms with E-state index in [1.165, 1.54) is 38.4 Å². The van der Waals surface area contributed by atoms with Crippen LogP contribution in [-0.2, 0) is 6.42 Å². The molecule has 0 aliphatic heterocycles. The number of fused-ring (bicyclic) bond motifs is 7. The minimum atomic E-state index is 1.04. The summed E-state index contributed by atoms with van der Waals surface area (Å²) in [4.78, 5) is 4.59. The third-order valence-corrected chi connectivity index (χ3v) is 4.51. The Morgan fingerprint density at radius 1 is 0.762 bits per heavy atom. The van der Waals surface area contributed by atoms with Crippen molar-refractivity contribution in [2.45, 2.75) is 6.42 Å². The molecule has 0 radical (unpaired) electrons. The number of nitrogens with zero attached hydrogens (tertiary/aromatic N) is 1. The van der Waals surface area contributed by atoms with Crippen molar-refractivity contribution in [2.24, 2.45) is 0 Å². The third kappa shape index (κ3) is 1.43. The summed E-state index contributed by atoms with van der Waals surface area (Å²) < 4.78 is 0. The summed E-state index contributed by atoms with van der Waals surface area (Å²) >= 11 is 0. The fourth-order valence-corrected chi connectivity index (χ4v) is 3.57. The average molecular weight is 267 g/mol. The van der Waals surface area contributed by atoms with Gasteiger partial charge in [0, 0.05) is 22.4 Å². The zero-order valence-electron chi connectivity index (χ0n) is 11.5. The lowest BCUT2D eigenvalue weighted by Crippen LogP contribution is -1.87. The van der Waals surface area contributed by atoms with E-state index in [0.29, 0.717) is 0 Å². The number of pyridine rings is 1. The number of hydrogen-bond acceptors (Lipinski definition) is 1. The molecule has 0 saturated heterocycles. The smallest absolute Gasteiger partial charge is 0.0708 e. The van der Waals surface area contributed by atoms with E-state index in [1.807, 2.05) is 6.20 Å². The molecule has 5 rings (SSSR count). The SMILES string of the molecule is c1ccc2c(c1)Cc1ccc3cnc4ccccc4c3c1-2. The molecule has 1 aromatic heterocycles. The van der Waals surface area contributed by atoms with Crippen LogP contribution < -0.4 is 0 Å². The van der Waals surface area contributed by atoms with Crippen LogP contribution in [0.5, 0.6) is 0 Å². The predicted octanol–water partition coefficient (Wildman–Crippen LogP) is 4.96. The molecule has 21 heavy (non-hydrogen) atoms. The standard InChI is InChI=1S/C20H13N/c1-2-6-16-13(5-1)11-14-9-10-15-12-21-18-8-4-3-7-17(18)20(15)19(14)16/h1-10,12H,11H2. The third-order valence-electron chi connectivity index (χ3n) is 4.51. The second-order valence-corrected chi connectivity index (χ2v) is 5.67. The lowest BCUT2D eigenvalue weighted by molar-refractivity contribution is 1.27. The second-order valence-electron chi connectivity index (χ2n) is 5.67. The summed E-state index contributed by atoms with van der Waals surface area (Å²) in [5.74, 6) is 0. The van der Waals surface area contributed by atoms with Gasteiger partial charge in [-0.2, -0.15) is 0 Å². The van der Waals surface area contributed by atoms with Crippen LogP contribution in [0.4, 0.5) is 0 Å². The summed E-state index contributed by atoms with van der Waals surface area (Å²) in [6.45, 7) is 0. The second kappa shape index (κ2) is 3.92. The van der Waals surface area contributed by atoms with Crippen molar-refractivity contribution in [3.05, 3.63) is 78.0 Å². The van der Waals surface area contributed by atoms with Crippen molar-refractivity contribution in [3.63, 3.8) is 0 Å². The Kier molecular flexibility index (Phi) is 2.06. The first-order chi connectivity index (χ1) is 10.4. The highest BCUT2D eigenvalue weighted by atomic mass is 14.6. The highest BCUT2D eigenvalue weighted by Gasteiger charge is 2.21. The van der Waals surface area contributed by atoms with E-state index in [0.717, 1.165) is 11.9 Å². The summed E-state index contributed by atoms with van der Waals surface area (Å²) in [7, 11) is 0. The Labute approximate surface area is 122 Å². The zero-order valence-corrected chi connectivity index (χ0v) is 11.5. The first-order valence-corrected chi connectivity index (χ1v) is 7.29. The fraction of sp³-hybridized carbons (Fsp3) is 0.0500. The van der Waals surface area contributed by atoms with Gasteiger partial charge in [0.1, 0.15) is 0 Å². The molecular formula is C20H13N. The van der Waals surface area contributed by atoms with Gasteiger partial charge < -0.3 is 0 Å². The Hall–Kier alpha value is -2.67. The molecule has 4 aromatic rings. The summed E-state index contributed by atoms with van der Waals surface area (Å²) in [6, 6.07) is 21.7. The Balaban J connectivity index is 2.04. The van der Waals surface area contributed by atoms with Crippen LogP contribution in [0.2, 0.25) is 0 Å². The Morgan fingerprint density at radius 2 is 1.62 bits per heavy atom. The summed E-state index contributed by atoms with van der Waals surface area (Å²) in [6.07, 6.45) is 3.04. The molecule has 0 unspecified atom stereocenters. The van der Waals surface area contributed by atoms with E-state index in [-0.39, 0.29) is 0 Å². The molecule has 1 aliphatic rings. The minimum Gasteiger partial charge on any atom is -0.256 e. The van der Waals surface area contributed by atoms with E-state index in [4.69, 9.17) is 0 Å². The van der Waals surface area contributed by atoms with E-state index < -0.39 is 0 Å². The van der Waals surface area contributed by atoms with Crippen molar-refractivity contribution in [1.29, 1.82) is 0 Å². The summed E-state index contributed by atoms with van der Waals surface area (Å²) in [5.41, 5.74) is 6.72. The Morgan fingerprint density at radius 3 is 2.62 bits per heavy atom. The van der Waals surface area contributed by atoms with Crippen molar-refractivity contribution >= 4 is 21.7 Å². The molecule has 0 atom stereocenters. The van der Waals surface area contributed by atoms with Crippen LogP contribution in [0.3, 0.4) is 0 Å². The lowest BCUT2D eigenvalue weighted by atomic mass is 9.96. The molecule has 1 heteroatoms. The van der Waals surface area contributed by atoms with Gasteiger partial charge in [-0.05, 0) is 34.7 Å². The average Bonchev–Trinajstić information content (AvgIpc) is 2.93. The molecule has 1 aliphatic carbocycles. The topological polar surface area (TPSA) is 12.9 Å². The lowest BCUT2D eigenvalue weighted by Gasteiger charge is -2.09. The van der Waals surface area contributed by atoms with Crippen LogP contribution in [0.25, 0.3) is 32.8 Å². The highest BCUT2D eigenvalue weighted by Crippen LogP contribution is 2.43. The van der Waals surface area contributed by atoms with Gasteiger partial charge in [-0.15, -0.1) is 0 Å². The van der Waals surface area contributed by atoms with Gasteiger partial charge in [-0.3, -0.25) is 4.98 Å². The molecule has 1 nitrogen and oxygen atoms in total. The number of hydrogen-bond donors (Lipinski definition) is 0. The summed E-state index contributed by atoms with van der Waals surface area (Å²) in [5, 5.41) is 3.83. The van der Waals surface area contributed by atoms with E-state index >= 15 is 0 Å². The van der Waals surface area contributed by atoms with Gasteiger partial charge in [0.2, 0.25) is 0 Å². The van der Waals surface area contributed by atoms with Gasteiger partial charge in [0.15, 0.2) is 0 Å². The molecule has 3 aromatic carbocycles. The molecule has 0 fully saturated rings. The monoisotopic (exact) mass is 267 g/mol. The number of rotatable bonds is 0. The van der Waals surface area contributed by atoms with Crippen molar-refractivity contribution in [3.8, 4) is 11.1 Å². The van der Waals surface area contributed by atoms with Gasteiger partial charge >= 0.3 is 0 Å².